The van der Waals surface area contributed by atoms with Crippen molar-refractivity contribution in [3.05, 3.63) is 107 Å². The molecule has 1 aliphatic rings. The summed E-state index contributed by atoms with van der Waals surface area (Å²) in [6.07, 6.45) is 15.0. The molecule has 1 atom stereocenters. The summed E-state index contributed by atoms with van der Waals surface area (Å²) in [5.74, 6) is 2.32. The van der Waals surface area contributed by atoms with Crippen molar-refractivity contribution >= 4 is 0 Å². The molecule has 0 unspecified atom stereocenters. The minimum absolute atomic E-state index is 0.0927. The van der Waals surface area contributed by atoms with Crippen LogP contribution < -0.4 is 0 Å². The summed E-state index contributed by atoms with van der Waals surface area (Å²) in [5.41, 5.74) is 5.75. The van der Waals surface area contributed by atoms with Crippen molar-refractivity contribution in [2.75, 3.05) is 0 Å². The van der Waals surface area contributed by atoms with Gasteiger partial charge in [0.05, 0.1) is 0 Å². The van der Waals surface area contributed by atoms with Crippen molar-refractivity contribution in [3.63, 3.8) is 0 Å². The van der Waals surface area contributed by atoms with E-state index in [1.165, 1.54) is 49.7 Å². The average molecular weight is 469 g/mol. The molecule has 4 rings (SSSR count). The summed E-state index contributed by atoms with van der Waals surface area (Å²) >= 11 is 0. The van der Waals surface area contributed by atoms with Gasteiger partial charge in [0.25, 0.3) is 0 Å². The first kappa shape index (κ1) is 25.4. The van der Waals surface area contributed by atoms with Gasteiger partial charge >= 0.3 is 0 Å². The van der Waals surface area contributed by atoms with Crippen LogP contribution in [-0.4, -0.2) is 0 Å². The third kappa shape index (κ3) is 7.40. The van der Waals surface area contributed by atoms with Gasteiger partial charge < -0.3 is 0 Å². The third-order valence-corrected chi connectivity index (χ3v) is 8.02. The molecule has 1 fully saturated rings. The van der Waals surface area contributed by atoms with Crippen molar-refractivity contribution in [1.29, 1.82) is 0 Å². The van der Waals surface area contributed by atoms with E-state index in [-0.39, 0.29) is 5.82 Å². The average Bonchev–Trinajstić information content (AvgIpc) is 2.90. The normalized spacial score (nSPS) is 19.2. The zero-order valence-electron chi connectivity index (χ0n) is 21.6. The predicted octanol–water partition coefficient (Wildman–Crippen LogP) is 9.93. The first-order chi connectivity index (χ1) is 17.1. The van der Waals surface area contributed by atoms with Gasteiger partial charge in [-0.05, 0) is 90.7 Å². The number of aryl methyl sites for hydroxylation is 2. The molecule has 0 bridgehead atoms. The van der Waals surface area contributed by atoms with Crippen LogP contribution in [0.2, 0.25) is 0 Å². The zero-order chi connectivity index (χ0) is 24.5. The second kappa shape index (κ2) is 12.9. The van der Waals surface area contributed by atoms with Crippen LogP contribution in [0.3, 0.4) is 0 Å². The highest BCUT2D eigenvalue weighted by Gasteiger charge is 2.23. The molecular weight excluding hydrogens is 427 g/mol. The highest BCUT2D eigenvalue weighted by molar-refractivity contribution is 5.64. The van der Waals surface area contributed by atoms with Gasteiger partial charge in [0.2, 0.25) is 0 Å². The molecule has 3 aromatic rings. The lowest BCUT2D eigenvalue weighted by atomic mass is 9.75. The van der Waals surface area contributed by atoms with E-state index in [1.54, 1.807) is 6.07 Å². The van der Waals surface area contributed by atoms with Crippen LogP contribution in [0.1, 0.15) is 81.4 Å². The van der Waals surface area contributed by atoms with Crippen LogP contribution in [0.25, 0.3) is 11.1 Å². The predicted molar refractivity (Wildman–Crippen MR) is 148 cm³/mol. The molecule has 0 N–H and O–H groups in total. The molecule has 1 aliphatic carbocycles. The summed E-state index contributed by atoms with van der Waals surface area (Å²) in [6.45, 7) is 4.39. The highest BCUT2D eigenvalue weighted by Crippen LogP contribution is 2.37. The second-order valence-electron chi connectivity index (χ2n) is 10.6. The van der Waals surface area contributed by atoms with Crippen molar-refractivity contribution in [3.8, 4) is 11.1 Å². The molecule has 35 heavy (non-hydrogen) atoms. The van der Waals surface area contributed by atoms with Crippen molar-refractivity contribution < 1.29 is 4.39 Å². The number of halogens is 1. The van der Waals surface area contributed by atoms with Crippen LogP contribution in [-0.2, 0) is 12.8 Å². The monoisotopic (exact) mass is 468 g/mol. The Kier molecular flexibility index (Phi) is 9.35. The minimum atomic E-state index is -0.0927. The van der Waals surface area contributed by atoms with Gasteiger partial charge in [-0.25, -0.2) is 4.39 Å². The van der Waals surface area contributed by atoms with Gasteiger partial charge in [-0.15, -0.1) is 0 Å². The molecule has 3 aromatic carbocycles. The molecule has 1 saturated carbocycles. The summed E-state index contributed by atoms with van der Waals surface area (Å²) in [5, 5.41) is 0. The summed E-state index contributed by atoms with van der Waals surface area (Å²) in [4.78, 5) is 0. The molecule has 0 aliphatic heterocycles. The van der Waals surface area contributed by atoms with Gasteiger partial charge in [0, 0.05) is 0 Å². The fourth-order valence-electron chi connectivity index (χ4n) is 5.74. The van der Waals surface area contributed by atoms with Crippen LogP contribution >= 0.6 is 0 Å². The molecule has 1 heteroatoms. The molecule has 184 valence electrons. The smallest absolute Gasteiger partial charge is 0.127 e. The maximum absolute atomic E-state index is 14.5. The molecule has 0 nitrogen and oxygen atoms in total. The molecule has 0 amide bonds. The largest absolute Gasteiger partial charge is 0.207 e. The Morgan fingerprint density at radius 2 is 1.51 bits per heavy atom. The number of hydrogen-bond acceptors (Lipinski definition) is 0. The van der Waals surface area contributed by atoms with E-state index in [2.05, 4.69) is 73.7 Å². The van der Waals surface area contributed by atoms with Gasteiger partial charge in [0.15, 0.2) is 0 Å². The Bertz CT molecular complexity index is 1060. The molecule has 0 aromatic heterocycles. The Hall–Kier alpha value is -2.67. The fraction of sp³-hybridized carbons (Fsp3) is 0.412. The lowest BCUT2D eigenvalue weighted by molar-refractivity contribution is 0.245. The highest BCUT2D eigenvalue weighted by atomic mass is 19.1. The van der Waals surface area contributed by atoms with Crippen LogP contribution in [0.5, 0.6) is 0 Å². The summed E-state index contributed by atoms with van der Waals surface area (Å²) < 4.78 is 14.5. The van der Waals surface area contributed by atoms with Gasteiger partial charge in [-0.3, -0.25) is 0 Å². The Labute approximate surface area is 212 Å². The van der Waals surface area contributed by atoms with E-state index in [9.17, 15) is 4.39 Å². The molecule has 0 radical (unpaired) electrons. The fourth-order valence-corrected chi connectivity index (χ4v) is 5.74. The number of hydrogen-bond donors (Lipinski definition) is 0. The Morgan fingerprint density at radius 1 is 0.829 bits per heavy atom. The minimum Gasteiger partial charge on any atom is -0.207 e. The van der Waals surface area contributed by atoms with E-state index >= 15 is 0 Å². The van der Waals surface area contributed by atoms with Gasteiger partial charge in [-0.2, -0.15) is 0 Å². The maximum Gasteiger partial charge on any atom is 0.127 e. The summed E-state index contributed by atoms with van der Waals surface area (Å²) in [6, 6.07) is 25.5. The van der Waals surface area contributed by atoms with E-state index in [1.807, 2.05) is 19.1 Å². The van der Waals surface area contributed by atoms with Gasteiger partial charge in [-0.1, -0.05) is 111 Å². The molecular formula is C34H41F. The Balaban J connectivity index is 1.22. The molecule has 0 spiro atoms. The second-order valence-corrected chi connectivity index (χ2v) is 10.6. The first-order valence-corrected chi connectivity index (χ1v) is 13.7. The van der Waals surface area contributed by atoms with E-state index < -0.39 is 0 Å². The van der Waals surface area contributed by atoms with Crippen molar-refractivity contribution in [1.82, 2.24) is 0 Å². The standard InChI is InChI=1S/C34H41F/c1-3-4-6-11-32-22-23-33(25-34(32)35)31-20-18-28(19-21-31)13-12-27-14-16-29(17-15-27)24-26(2)30-9-7-5-8-10-30/h3-5,7-10,18-23,25-27,29H,6,11-17,24H2,1-2H3/b4-3+/t26-,27?,29?/m1/s1. The van der Waals surface area contributed by atoms with Crippen LogP contribution in [0.4, 0.5) is 4.39 Å². The topological polar surface area (TPSA) is 0 Å². The Morgan fingerprint density at radius 3 is 2.20 bits per heavy atom. The molecule has 0 heterocycles. The maximum atomic E-state index is 14.5. The third-order valence-electron chi connectivity index (χ3n) is 8.02. The van der Waals surface area contributed by atoms with E-state index in [4.69, 9.17) is 0 Å². The quantitative estimate of drug-likeness (QED) is 0.260. The summed E-state index contributed by atoms with van der Waals surface area (Å²) in [7, 11) is 0. The van der Waals surface area contributed by atoms with Crippen LogP contribution in [0.15, 0.2) is 84.9 Å². The van der Waals surface area contributed by atoms with Crippen LogP contribution in [0, 0.1) is 17.7 Å². The van der Waals surface area contributed by atoms with Crippen molar-refractivity contribution in [2.24, 2.45) is 11.8 Å². The lowest BCUT2D eigenvalue weighted by Gasteiger charge is -2.30. The molecule has 0 saturated heterocycles. The number of benzene rings is 3. The number of allylic oxidation sites excluding steroid dienone is 2. The van der Waals surface area contributed by atoms with E-state index in [0.29, 0.717) is 5.92 Å². The zero-order valence-corrected chi connectivity index (χ0v) is 21.6. The van der Waals surface area contributed by atoms with Gasteiger partial charge in [0.1, 0.15) is 5.82 Å². The lowest BCUT2D eigenvalue weighted by Crippen LogP contribution is -2.16. The SMILES string of the molecule is C/C=C/CCc1ccc(-c2ccc(CCC3CCC(C[C@@H](C)c4ccccc4)CC3)cc2)cc1F. The first-order valence-electron chi connectivity index (χ1n) is 13.7. The number of rotatable bonds is 10. The van der Waals surface area contributed by atoms with E-state index in [0.717, 1.165) is 47.8 Å². The van der Waals surface area contributed by atoms with Crippen molar-refractivity contribution in [2.45, 2.75) is 77.6 Å².